The van der Waals surface area contributed by atoms with Crippen LogP contribution in [0.2, 0.25) is 5.02 Å². The third-order valence-electron chi connectivity index (χ3n) is 4.50. The van der Waals surface area contributed by atoms with Crippen molar-refractivity contribution in [1.29, 1.82) is 0 Å². The normalized spacial score (nSPS) is 11.1. The van der Waals surface area contributed by atoms with Gasteiger partial charge in [-0.05, 0) is 55.1 Å². The maximum atomic E-state index is 6.56. The minimum Gasteiger partial charge on any atom is -0.497 e. The van der Waals surface area contributed by atoms with E-state index in [1.807, 2.05) is 53.9 Å². The first-order chi connectivity index (χ1) is 13.6. The van der Waals surface area contributed by atoms with Crippen molar-refractivity contribution in [2.45, 2.75) is 18.7 Å². The third-order valence-corrected chi connectivity index (χ3v) is 5.88. The van der Waals surface area contributed by atoms with Crippen molar-refractivity contribution in [2.75, 3.05) is 12.9 Å². The van der Waals surface area contributed by atoms with Gasteiger partial charge in [0, 0.05) is 27.9 Å². The standard InChI is InChI=1S/C22H20ClN3OS/c1-4-28-19-10-7-16(13-18(19)23)21-20(15-5-8-17(27-3)9-6-15)25-22-24-14(2)11-12-26(21)22/h5-13H,4H2,1-3H3. The molecule has 4 aromatic rings. The van der Waals surface area contributed by atoms with Crippen molar-refractivity contribution in [1.82, 2.24) is 14.4 Å². The van der Waals surface area contributed by atoms with Gasteiger partial charge in [0.25, 0.3) is 0 Å². The highest BCUT2D eigenvalue weighted by atomic mass is 35.5. The summed E-state index contributed by atoms with van der Waals surface area (Å²) in [6.07, 6.45) is 2.01. The van der Waals surface area contributed by atoms with E-state index in [0.29, 0.717) is 5.78 Å². The van der Waals surface area contributed by atoms with Crippen LogP contribution in [-0.4, -0.2) is 27.2 Å². The fraction of sp³-hybridized carbons (Fsp3) is 0.182. The first kappa shape index (κ1) is 18.8. The Morgan fingerprint density at radius 3 is 2.46 bits per heavy atom. The van der Waals surface area contributed by atoms with Crippen molar-refractivity contribution in [3.63, 3.8) is 0 Å². The summed E-state index contributed by atoms with van der Waals surface area (Å²) in [5.74, 6) is 2.46. The molecule has 4 nitrogen and oxygen atoms in total. The highest BCUT2D eigenvalue weighted by molar-refractivity contribution is 7.99. The van der Waals surface area contributed by atoms with E-state index in [0.717, 1.165) is 49.6 Å². The summed E-state index contributed by atoms with van der Waals surface area (Å²) in [7, 11) is 1.66. The second-order valence-corrected chi connectivity index (χ2v) is 8.07. The van der Waals surface area contributed by atoms with Gasteiger partial charge in [-0.2, -0.15) is 0 Å². The number of hydrogen-bond acceptors (Lipinski definition) is 4. The predicted molar refractivity (Wildman–Crippen MR) is 117 cm³/mol. The van der Waals surface area contributed by atoms with Gasteiger partial charge in [-0.25, -0.2) is 9.97 Å². The van der Waals surface area contributed by atoms with Crippen LogP contribution in [0.15, 0.2) is 59.6 Å². The molecule has 0 saturated heterocycles. The van der Waals surface area contributed by atoms with Gasteiger partial charge in [0.05, 0.1) is 23.5 Å². The van der Waals surface area contributed by atoms with Crippen LogP contribution in [0.4, 0.5) is 0 Å². The number of fused-ring (bicyclic) bond motifs is 1. The van der Waals surface area contributed by atoms with E-state index >= 15 is 0 Å². The number of nitrogens with zero attached hydrogens (tertiary/aromatic N) is 3. The van der Waals surface area contributed by atoms with Gasteiger partial charge < -0.3 is 4.74 Å². The minimum absolute atomic E-state index is 0.670. The summed E-state index contributed by atoms with van der Waals surface area (Å²) in [6.45, 7) is 4.09. The smallest absolute Gasteiger partial charge is 0.235 e. The number of imidazole rings is 1. The van der Waals surface area contributed by atoms with E-state index in [1.54, 1.807) is 18.9 Å². The lowest BCUT2D eigenvalue weighted by Gasteiger charge is -2.09. The highest BCUT2D eigenvalue weighted by Gasteiger charge is 2.18. The number of rotatable bonds is 5. The Labute approximate surface area is 173 Å². The molecule has 0 saturated carbocycles. The average molecular weight is 410 g/mol. The van der Waals surface area contributed by atoms with Gasteiger partial charge in [0.1, 0.15) is 5.75 Å². The highest BCUT2D eigenvalue weighted by Crippen LogP contribution is 2.37. The van der Waals surface area contributed by atoms with E-state index in [2.05, 4.69) is 24.0 Å². The first-order valence-electron chi connectivity index (χ1n) is 9.03. The Hall–Kier alpha value is -2.50. The molecule has 0 aliphatic rings. The van der Waals surface area contributed by atoms with Crippen molar-refractivity contribution >= 4 is 29.1 Å². The minimum atomic E-state index is 0.670. The van der Waals surface area contributed by atoms with Crippen LogP contribution >= 0.6 is 23.4 Å². The predicted octanol–water partition coefficient (Wildman–Crippen LogP) is 6.15. The number of ether oxygens (including phenoxy) is 1. The Balaban J connectivity index is 1.93. The number of methoxy groups -OCH3 is 1. The molecular weight excluding hydrogens is 390 g/mol. The maximum absolute atomic E-state index is 6.56. The SMILES string of the molecule is CCSc1ccc(-c2c(-c3ccc(OC)cc3)nc3nc(C)ccn23)cc1Cl. The van der Waals surface area contributed by atoms with E-state index < -0.39 is 0 Å². The fourth-order valence-corrected chi connectivity index (χ4v) is 4.18. The summed E-state index contributed by atoms with van der Waals surface area (Å²) in [5, 5.41) is 0.750. The lowest BCUT2D eigenvalue weighted by molar-refractivity contribution is 0.415. The average Bonchev–Trinajstić information content (AvgIpc) is 3.08. The lowest BCUT2D eigenvalue weighted by atomic mass is 10.0. The van der Waals surface area contributed by atoms with Crippen LogP contribution in [0.5, 0.6) is 5.75 Å². The summed E-state index contributed by atoms with van der Waals surface area (Å²) in [5.41, 5.74) is 4.78. The molecule has 6 heteroatoms. The van der Waals surface area contributed by atoms with Crippen LogP contribution in [0.3, 0.4) is 0 Å². The van der Waals surface area contributed by atoms with E-state index in [-0.39, 0.29) is 0 Å². The van der Waals surface area contributed by atoms with E-state index in [1.165, 1.54) is 0 Å². The maximum Gasteiger partial charge on any atom is 0.235 e. The van der Waals surface area contributed by atoms with Gasteiger partial charge in [0.2, 0.25) is 5.78 Å². The quantitative estimate of drug-likeness (QED) is 0.371. The van der Waals surface area contributed by atoms with E-state index in [4.69, 9.17) is 21.3 Å². The van der Waals surface area contributed by atoms with Crippen molar-refractivity contribution in [3.8, 4) is 28.3 Å². The lowest BCUT2D eigenvalue weighted by Crippen LogP contribution is -1.93. The van der Waals surface area contributed by atoms with Gasteiger partial charge in [-0.3, -0.25) is 4.40 Å². The molecule has 0 unspecified atom stereocenters. The number of aryl methyl sites for hydroxylation is 1. The molecule has 2 aromatic carbocycles. The molecule has 0 atom stereocenters. The van der Waals surface area contributed by atoms with E-state index in [9.17, 15) is 0 Å². The second kappa shape index (κ2) is 7.86. The Morgan fingerprint density at radius 2 is 1.79 bits per heavy atom. The van der Waals surface area contributed by atoms with Crippen molar-refractivity contribution in [3.05, 3.63) is 65.4 Å². The summed E-state index contributed by atoms with van der Waals surface area (Å²) < 4.78 is 7.31. The largest absolute Gasteiger partial charge is 0.497 e. The number of hydrogen-bond donors (Lipinski definition) is 0. The molecule has 0 spiro atoms. The molecule has 0 bridgehead atoms. The molecular formula is C22H20ClN3OS. The van der Waals surface area contributed by atoms with Gasteiger partial charge in [-0.1, -0.05) is 24.6 Å². The molecule has 0 amide bonds. The fourth-order valence-electron chi connectivity index (χ4n) is 3.17. The molecule has 2 heterocycles. The Kier molecular flexibility index (Phi) is 5.29. The molecule has 28 heavy (non-hydrogen) atoms. The molecule has 2 aromatic heterocycles. The van der Waals surface area contributed by atoms with Crippen molar-refractivity contribution < 1.29 is 4.74 Å². The molecule has 0 fully saturated rings. The number of thioether (sulfide) groups is 1. The van der Waals surface area contributed by atoms with Crippen LogP contribution in [0.25, 0.3) is 28.3 Å². The number of benzene rings is 2. The molecule has 0 aliphatic heterocycles. The zero-order valence-corrected chi connectivity index (χ0v) is 17.5. The zero-order valence-electron chi connectivity index (χ0n) is 15.9. The zero-order chi connectivity index (χ0) is 19.7. The van der Waals surface area contributed by atoms with Crippen LogP contribution in [-0.2, 0) is 0 Å². The third kappa shape index (κ3) is 3.48. The first-order valence-corrected chi connectivity index (χ1v) is 10.4. The number of aromatic nitrogens is 3. The Morgan fingerprint density at radius 1 is 1.04 bits per heavy atom. The van der Waals surface area contributed by atoms with Gasteiger partial charge in [-0.15, -0.1) is 11.8 Å². The molecule has 0 radical (unpaired) electrons. The Bertz CT molecular complexity index is 1140. The topological polar surface area (TPSA) is 39.4 Å². The molecule has 0 N–H and O–H groups in total. The van der Waals surface area contributed by atoms with Crippen LogP contribution in [0.1, 0.15) is 12.6 Å². The van der Waals surface area contributed by atoms with Gasteiger partial charge >= 0.3 is 0 Å². The molecule has 0 aliphatic carbocycles. The summed E-state index contributed by atoms with van der Waals surface area (Å²) >= 11 is 8.29. The summed E-state index contributed by atoms with van der Waals surface area (Å²) in [4.78, 5) is 10.5. The molecule has 4 rings (SSSR count). The number of halogens is 1. The monoisotopic (exact) mass is 409 g/mol. The summed E-state index contributed by atoms with van der Waals surface area (Å²) in [6, 6.07) is 16.1. The molecule has 142 valence electrons. The van der Waals surface area contributed by atoms with Gasteiger partial charge in [0.15, 0.2) is 0 Å². The van der Waals surface area contributed by atoms with Crippen LogP contribution < -0.4 is 4.74 Å². The second-order valence-electron chi connectivity index (χ2n) is 6.35. The van der Waals surface area contributed by atoms with Crippen molar-refractivity contribution in [2.24, 2.45) is 0 Å². The van der Waals surface area contributed by atoms with Crippen LogP contribution in [0, 0.1) is 6.92 Å².